The van der Waals surface area contributed by atoms with E-state index in [2.05, 4.69) is 11.4 Å². The molecule has 0 aliphatic heterocycles. The minimum absolute atomic E-state index is 0.0270. The summed E-state index contributed by atoms with van der Waals surface area (Å²) in [6.07, 6.45) is 0. The number of nitrogens with zero attached hydrogens (tertiary/aromatic N) is 2. The van der Waals surface area contributed by atoms with Crippen molar-refractivity contribution >= 4 is 17.3 Å². The van der Waals surface area contributed by atoms with Crippen molar-refractivity contribution in [2.45, 2.75) is 13.8 Å². The molecule has 0 bridgehead atoms. The number of amides is 1. The highest BCUT2D eigenvalue weighted by Crippen LogP contribution is 2.17. The molecular formula is C18H19N3O. The van der Waals surface area contributed by atoms with E-state index in [1.54, 1.807) is 23.1 Å². The summed E-state index contributed by atoms with van der Waals surface area (Å²) in [7, 11) is 0. The van der Waals surface area contributed by atoms with Gasteiger partial charge in [-0.25, -0.2) is 0 Å². The van der Waals surface area contributed by atoms with Crippen LogP contribution in [0.15, 0.2) is 48.5 Å². The van der Waals surface area contributed by atoms with E-state index in [0.717, 1.165) is 11.3 Å². The molecule has 0 aliphatic rings. The first-order valence-corrected chi connectivity index (χ1v) is 7.25. The van der Waals surface area contributed by atoms with E-state index >= 15 is 0 Å². The van der Waals surface area contributed by atoms with Gasteiger partial charge in [0.05, 0.1) is 17.8 Å². The molecule has 4 heteroatoms. The van der Waals surface area contributed by atoms with Crippen LogP contribution in [0.5, 0.6) is 0 Å². The molecule has 0 saturated carbocycles. The summed E-state index contributed by atoms with van der Waals surface area (Å²) in [5.41, 5.74) is 3.22. The highest BCUT2D eigenvalue weighted by atomic mass is 16.2. The van der Waals surface area contributed by atoms with Crippen LogP contribution in [0.2, 0.25) is 0 Å². The second-order valence-corrected chi connectivity index (χ2v) is 4.99. The Kier molecular flexibility index (Phi) is 5.16. The Labute approximate surface area is 131 Å². The predicted octanol–water partition coefficient (Wildman–Crippen LogP) is 3.33. The van der Waals surface area contributed by atoms with Gasteiger partial charge >= 0.3 is 0 Å². The lowest BCUT2D eigenvalue weighted by Gasteiger charge is -2.22. The summed E-state index contributed by atoms with van der Waals surface area (Å²) in [5.74, 6) is -0.0270. The molecule has 0 aliphatic carbocycles. The van der Waals surface area contributed by atoms with Crippen LogP contribution in [0, 0.1) is 18.3 Å². The maximum Gasteiger partial charge on any atom is 0.246 e. The lowest BCUT2D eigenvalue weighted by atomic mass is 10.2. The zero-order valence-corrected chi connectivity index (χ0v) is 12.8. The number of aryl methyl sites for hydroxylation is 1. The van der Waals surface area contributed by atoms with Gasteiger partial charge < -0.3 is 10.2 Å². The Morgan fingerprint density at radius 2 is 2.00 bits per heavy atom. The van der Waals surface area contributed by atoms with Gasteiger partial charge in [0.25, 0.3) is 0 Å². The number of rotatable bonds is 5. The maximum atomic E-state index is 12.4. The molecule has 0 fully saturated rings. The number of anilines is 2. The van der Waals surface area contributed by atoms with Crippen molar-refractivity contribution in [2.24, 2.45) is 0 Å². The average molecular weight is 293 g/mol. The van der Waals surface area contributed by atoms with Crippen molar-refractivity contribution < 1.29 is 4.79 Å². The first-order valence-electron chi connectivity index (χ1n) is 7.25. The van der Waals surface area contributed by atoms with Gasteiger partial charge in [0.2, 0.25) is 5.91 Å². The van der Waals surface area contributed by atoms with E-state index in [4.69, 9.17) is 5.26 Å². The van der Waals surface area contributed by atoms with E-state index in [1.165, 1.54) is 0 Å². The number of carbonyl (C=O) groups is 1. The molecule has 112 valence electrons. The SMILES string of the molecule is CCN(C(=O)CNc1ccccc1C#N)c1cccc(C)c1. The molecule has 4 nitrogen and oxygen atoms in total. The van der Waals surface area contributed by atoms with Gasteiger partial charge in [-0.1, -0.05) is 24.3 Å². The summed E-state index contributed by atoms with van der Waals surface area (Å²) < 4.78 is 0. The van der Waals surface area contributed by atoms with Gasteiger partial charge in [-0.3, -0.25) is 4.79 Å². The zero-order valence-electron chi connectivity index (χ0n) is 12.8. The fourth-order valence-electron chi connectivity index (χ4n) is 2.30. The number of nitrogens with one attached hydrogen (secondary N) is 1. The summed E-state index contributed by atoms with van der Waals surface area (Å²) in [4.78, 5) is 14.2. The Balaban J connectivity index is 2.09. The van der Waals surface area contributed by atoms with E-state index in [1.807, 2.05) is 44.2 Å². The highest BCUT2D eigenvalue weighted by molar-refractivity contribution is 5.96. The van der Waals surface area contributed by atoms with Gasteiger partial charge in [0.15, 0.2) is 0 Å². The van der Waals surface area contributed by atoms with Crippen LogP contribution < -0.4 is 10.2 Å². The number of para-hydroxylation sites is 1. The van der Waals surface area contributed by atoms with Gasteiger partial charge in [0.1, 0.15) is 6.07 Å². The largest absolute Gasteiger partial charge is 0.375 e. The number of nitriles is 1. The van der Waals surface area contributed by atoms with Crippen molar-refractivity contribution in [1.82, 2.24) is 0 Å². The van der Waals surface area contributed by atoms with E-state index < -0.39 is 0 Å². The van der Waals surface area contributed by atoms with Crippen molar-refractivity contribution in [1.29, 1.82) is 5.26 Å². The smallest absolute Gasteiger partial charge is 0.246 e. The molecule has 0 spiro atoms. The number of hydrogen-bond acceptors (Lipinski definition) is 3. The highest BCUT2D eigenvalue weighted by Gasteiger charge is 2.14. The Morgan fingerprint density at radius 3 is 2.68 bits per heavy atom. The number of hydrogen-bond donors (Lipinski definition) is 1. The fraction of sp³-hybridized carbons (Fsp3) is 0.222. The molecule has 1 amide bonds. The monoisotopic (exact) mass is 293 g/mol. The Morgan fingerprint density at radius 1 is 1.23 bits per heavy atom. The van der Waals surface area contributed by atoms with Crippen LogP contribution in [0.1, 0.15) is 18.1 Å². The molecule has 0 saturated heterocycles. The minimum atomic E-state index is -0.0270. The molecule has 1 N–H and O–H groups in total. The number of likely N-dealkylation sites (N-methyl/N-ethyl adjacent to an activating group) is 1. The summed E-state index contributed by atoms with van der Waals surface area (Å²) in [5, 5.41) is 12.1. The average Bonchev–Trinajstić information content (AvgIpc) is 2.54. The predicted molar refractivity (Wildman–Crippen MR) is 88.9 cm³/mol. The Bertz CT molecular complexity index is 703. The van der Waals surface area contributed by atoms with Crippen LogP contribution >= 0.6 is 0 Å². The Hall–Kier alpha value is -2.80. The lowest BCUT2D eigenvalue weighted by Crippen LogP contribution is -2.35. The molecule has 0 aromatic heterocycles. The maximum absolute atomic E-state index is 12.4. The van der Waals surface area contributed by atoms with Crippen LogP contribution in [-0.2, 0) is 4.79 Å². The third kappa shape index (κ3) is 3.64. The number of carbonyl (C=O) groups excluding carboxylic acids is 1. The van der Waals surface area contributed by atoms with Crippen LogP contribution in [0.25, 0.3) is 0 Å². The topological polar surface area (TPSA) is 56.1 Å². The standard InChI is InChI=1S/C18H19N3O/c1-3-21(16-9-6-7-14(2)11-16)18(22)13-20-17-10-5-4-8-15(17)12-19/h4-11,20H,3,13H2,1-2H3. The second kappa shape index (κ2) is 7.28. The van der Waals surface area contributed by atoms with Gasteiger partial charge in [0, 0.05) is 12.2 Å². The van der Waals surface area contributed by atoms with E-state index in [-0.39, 0.29) is 12.5 Å². The molecule has 0 heterocycles. The van der Waals surface area contributed by atoms with Crippen molar-refractivity contribution in [3.8, 4) is 6.07 Å². The summed E-state index contributed by atoms with van der Waals surface area (Å²) in [6.45, 7) is 4.71. The quantitative estimate of drug-likeness (QED) is 0.920. The lowest BCUT2D eigenvalue weighted by molar-refractivity contribution is -0.116. The molecule has 2 rings (SSSR count). The third-order valence-corrected chi connectivity index (χ3v) is 3.41. The molecule has 22 heavy (non-hydrogen) atoms. The minimum Gasteiger partial charge on any atom is -0.375 e. The molecule has 0 unspecified atom stereocenters. The summed E-state index contributed by atoms with van der Waals surface area (Å²) in [6, 6.07) is 17.1. The number of benzene rings is 2. The van der Waals surface area contributed by atoms with Gasteiger partial charge in [-0.05, 0) is 43.7 Å². The normalized spacial score (nSPS) is 9.86. The van der Waals surface area contributed by atoms with Crippen LogP contribution in [0.4, 0.5) is 11.4 Å². The van der Waals surface area contributed by atoms with Crippen LogP contribution in [-0.4, -0.2) is 19.0 Å². The van der Waals surface area contributed by atoms with Crippen molar-refractivity contribution in [3.63, 3.8) is 0 Å². The first kappa shape index (κ1) is 15.6. The molecule has 2 aromatic rings. The van der Waals surface area contributed by atoms with Gasteiger partial charge in [-0.15, -0.1) is 0 Å². The second-order valence-electron chi connectivity index (χ2n) is 4.99. The first-order chi connectivity index (χ1) is 10.7. The fourth-order valence-corrected chi connectivity index (χ4v) is 2.30. The van der Waals surface area contributed by atoms with E-state index in [0.29, 0.717) is 17.8 Å². The van der Waals surface area contributed by atoms with Gasteiger partial charge in [-0.2, -0.15) is 5.26 Å². The molecular weight excluding hydrogens is 274 g/mol. The third-order valence-electron chi connectivity index (χ3n) is 3.41. The molecule has 0 atom stereocenters. The molecule has 2 aromatic carbocycles. The van der Waals surface area contributed by atoms with E-state index in [9.17, 15) is 4.79 Å². The van der Waals surface area contributed by atoms with Crippen molar-refractivity contribution in [3.05, 3.63) is 59.7 Å². The zero-order chi connectivity index (χ0) is 15.9. The summed E-state index contributed by atoms with van der Waals surface area (Å²) >= 11 is 0. The molecule has 0 radical (unpaired) electrons. The van der Waals surface area contributed by atoms with Crippen molar-refractivity contribution in [2.75, 3.05) is 23.3 Å². The van der Waals surface area contributed by atoms with Crippen LogP contribution in [0.3, 0.4) is 0 Å².